The summed E-state index contributed by atoms with van der Waals surface area (Å²) in [6, 6.07) is 15.3. The second-order valence-electron chi connectivity index (χ2n) is 7.54. The molecule has 0 unspecified atom stereocenters. The van der Waals surface area contributed by atoms with Gasteiger partial charge in [-0.05, 0) is 49.2 Å². The number of amides is 1. The molecule has 0 radical (unpaired) electrons. The summed E-state index contributed by atoms with van der Waals surface area (Å²) in [5, 5.41) is 6.29. The molecule has 3 rings (SSSR count). The van der Waals surface area contributed by atoms with Gasteiger partial charge in [0.2, 0.25) is 17.7 Å². The van der Waals surface area contributed by atoms with Crippen molar-refractivity contribution in [3.8, 4) is 11.6 Å². The lowest BCUT2D eigenvalue weighted by molar-refractivity contribution is -0.115. The number of hydrogen-bond donors (Lipinski definition) is 2. The van der Waals surface area contributed by atoms with Crippen LogP contribution in [0, 0.1) is 0 Å². The van der Waals surface area contributed by atoms with E-state index in [0.29, 0.717) is 23.8 Å². The molecule has 8 heteroatoms. The summed E-state index contributed by atoms with van der Waals surface area (Å²) in [5.74, 6) is 1.03. The Morgan fingerprint density at radius 3 is 2.42 bits per heavy atom. The maximum absolute atomic E-state index is 11.6. The molecule has 0 aliphatic rings. The third-order valence-corrected chi connectivity index (χ3v) is 5.10. The van der Waals surface area contributed by atoms with Crippen LogP contribution in [0.1, 0.15) is 40.0 Å². The molecule has 33 heavy (non-hydrogen) atoms. The van der Waals surface area contributed by atoms with Gasteiger partial charge in [-0.15, -0.1) is 0 Å². The molecular weight excluding hydrogens is 438 g/mol. The molecule has 7 nitrogen and oxygen atoms in total. The van der Waals surface area contributed by atoms with Gasteiger partial charge in [0, 0.05) is 42.6 Å². The molecule has 0 atom stereocenters. The van der Waals surface area contributed by atoms with Gasteiger partial charge in [-0.1, -0.05) is 38.4 Å². The average molecular weight is 468 g/mol. The van der Waals surface area contributed by atoms with Crippen molar-refractivity contribution in [2.24, 2.45) is 0 Å². The topological polar surface area (TPSA) is 79.4 Å². The number of aromatic nitrogens is 2. The van der Waals surface area contributed by atoms with Gasteiger partial charge in [-0.3, -0.25) is 4.79 Å². The van der Waals surface area contributed by atoms with Gasteiger partial charge in [0.1, 0.15) is 10.8 Å². The van der Waals surface area contributed by atoms with Gasteiger partial charge >= 0.3 is 0 Å². The third-order valence-electron chi connectivity index (χ3n) is 4.84. The molecule has 0 aliphatic heterocycles. The molecule has 0 spiro atoms. The Morgan fingerprint density at radius 2 is 1.76 bits per heavy atom. The lowest BCUT2D eigenvalue weighted by Crippen LogP contribution is -2.24. The number of nitrogens with zero attached hydrogens (tertiary/aromatic N) is 3. The summed E-state index contributed by atoms with van der Waals surface area (Å²) in [5.41, 5.74) is 2.70. The zero-order valence-corrected chi connectivity index (χ0v) is 20.0. The highest BCUT2D eigenvalue weighted by Crippen LogP contribution is 2.30. The standard InChI is InChI=1S/C25H30ClN5O2/c1-4-14-31(15-5-2)20-12-10-18(11-13-20)29-25-27-17-22(26)24(30-25)33-21-9-7-8-19(16-21)28-23(32)6-3/h7-13,16-17H,4-6,14-15H2,1-3H3,(H,28,32)(H,27,29,30). The Labute approximate surface area is 200 Å². The zero-order valence-electron chi connectivity index (χ0n) is 19.3. The Morgan fingerprint density at radius 1 is 1.03 bits per heavy atom. The molecule has 0 aliphatic carbocycles. The van der Waals surface area contributed by atoms with Crippen molar-refractivity contribution in [1.82, 2.24) is 9.97 Å². The maximum Gasteiger partial charge on any atom is 0.243 e. The molecule has 1 aromatic heterocycles. The molecule has 0 saturated heterocycles. The third kappa shape index (κ3) is 7.08. The monoisotopic (exact) mass is 467 g/mol. The van der Waals surface area contributed by atoms with Crippen LogP contribution in [-0.2, 0) is 4.79 Å². The van der Waals surface area contributed by atoms with E-state index >= 15 is 0 Å². The first kappa shape index (κ1) is 24.3. The molecule has 2 aromatic carbocycles. The minimum atomic E-state index is -0.0720. The molecule has 3 aromatic rings. The number of carbonyl (C=O) groups is 1. The molecule has 0 saturated carbocycles. The largest absolute Gasteiger partial charge is 0.437 e. The summed E-state index contributed by atoms with van der Waals surface area (Å²) in [6.07, 6.45) is 4.10. The van der Waals surface area contributed by atoms with Crippen molar-refractivity contribution >= 4 is 40.5 Å². The van der Waals surface area contributed by atoms with Crippen molar-refractivity contribution in [3.63, 3.8) is 0 Å². The van der Waals surface area contributed by atoms with E-state index in [1.807, 2.05) is 12.1 Å². The van der Waals surface area contributed by atoms with Crippen LogP contribution in [0.4, 0.5) is 23.0 Å². The van der Waals surface area contributed by atoms with Gasteiger partial charge in [0.25, 0.3) is 0 Å². The molecule has 1 heterocycles. The minimum absolute atomic E-state index is 0.0720. The quantitative estimate of drug-likeness (QED) is 0.329. The van der Waals surface area contributed by atoms with Crippen molar-refractivity contribution in [2.45, 2.75) is 40.0 Å². The number of ether oxygens (including phenoxy) is 1. The van der Waals surface area contributed by atoms with Crippen LogP contribution in [0.3, 0.4) is 0 Å². The van der Waals surface area contributed by atoms with Gasteiger partial charge in [-0.25, -0.2) is 4.98 Å². The molecule has 0 fully saturated rings. The van der Waals surface area contributed by atoms with Crippen molar-refractivity contribution in [1.29, 1.82) is 0 Å². The average Bonchev–Trinajstić information content (AvgIpc) is 2.82. The maximum atomic E-state index is 11.6. The van der Waals surface area contributed by atoms with Crippen LogP contribution in [-0.4, -0.2) is 29.0 Å². The van der Waals surface area contributed by atoms with Crippen molar-refractivity contribution in [2.75, 3.05) is 28.6 Å². The number of anilines is 4. The lowest BCUT2D eigenvalue weighted by Gasteiger charge is -2.24. The number of carbonyl (C=O) groups excluding carboxylic acids is 1. The highest BCUT2D eigenvalue weighted by atomic mass is 35.5. The summed E-state index contributed by atoms with van der Waals surface area (Å²) in [4.78, 5) is 22.7. The van der Waals surface area contributed by atoms with Crippen LogP contribution in [0.2, 0.25) is 5.02 Å². The summed E-state index contributed by atoms with van der Waals surface area (Å²) >= 11 is 6.26. The smallest absolute Gasteiger partial charge is 0.243 e. The Hall–Kier alpha value is -3.32. The Bertz CT molecular complexity index is 1050. The zero-order chi connectivity index (χ0) is 23.6. The van der Waals surface area contributed by atoms with E-state index in [-0.39, 0.29) is 16.8 Å². The molecule has 174 valence electrons. The highest BCUT2D eigenvalue weighted by Gasteiger charge is 2.10. The van der Waals surface area contributed by atoms with Crippen LogP contribution >= 0.6 is 11.6 Å². The van der Waals surface area contributed by atoms with Crippen molar-refractivity contribution in [3.05, 3.63) is 59.8 Å². The lowest BCUT2D eigenvalue weighted by atomic mass is 10.2. The SMILES string of the molecule is CCCN(CCC)c1ccc(Nc2ncc(Cl)c(Oc3cccc(NC(=O)CC)c3)n2)cc1. The summed E-state index contributed by atoms with van der Waals surface area (Å²) in [7, 11) is 0. The fourth-order valence-electron chi connectivity index (χ4n) is 3.28. The molecule has 2 N–H and O–H groups in total. The van der Waals surface area contributed by atoms with Gasteiger partial charge < -0.3 is 20.3 Å². The fraction of sp³-hybridized carbons (Fsp3) is 0.320. The second-order valence-corrected chi connectivity index (χ2v) is 7.94. The number of nitrogens with one attached hydrogen (secondary N) is 2. The Kier molecular flexibility index (Phi) is 8.89. The van der Waals surface area contributed by atoms with E-state index < -0.39 is 0 Å². The number of benzene rings is 2. The van der Waals surface area contributed by atoms with E-state index in [0.717, 1.165) is 31.6 Å². The normalized spacial score (nSPS) is 10.5. The second kappa shape index (κ2) is 12.1. The summed E-state index contributed by atoms with van der Waals surface area (Å²) < 4.78 is 5.87. The first-order chi connectivity index (χ1) is 16.0. The molecular formula is C25H30ClN5O2. The first-order valence-corrected chi connectivity index (χ1v) is 11.6. The predicted molar refractivity (Wildman–Crippen MR) is 135 cm³/mol. The van der Waals surface area contributed by atoms with E-state index in [2.05, 4.69) is 51.5 Å². The number of halogens is 1. The van der Waals surface area contributed by atoms with Crippen LogP contribution in [0.25, 0.3) is 0 Å². The van der Waals surface area contributed by atoms with Crippen molar-refractivity contribution < 1.29 is 9.53 Å². The van der Waals surface area contributed by atoms with E-state index in [4.69, 9.17) is 16.3 Å². The fourth-order valence-corrected chi connectivity index (χ4v) is 3.41. The summed E-state index contributed by atoms with van der Waals surface area (Å²) in [6.45, 7) is 8.24. The number of rotatable bonds is 11. The van der Waals surface area contributed by atoms with Crippen LogP contribution in [0.5, 0.6) is 11.6 Å². The van der Waals surface area contributed by atoms with E-state index in [9.17, 15) is 4.79 Å². The van der Waals surface area contributed by atoms with Gasteiger partial charge in [0.15, 0.2) is 0 Å². The highest BCUT2D eigenvalue weighted by molar-refractivity contribution is 6.31. The van der Waals surface area contributed by atoms with Crippen LogP contribution < -0.4 is 20.3 Å². The van der Waals surface area contributed by atoms with E-state index in [1.54, 1.807) is 31.2 Å². The molecule has 1 amide bonds. The van der Waals surface area contributed by atoms with Gasteiger partial charge in [0.05, 0.1) is 6.20 Å². The van der Waals surface area contributed by atoms with E-state index in [1.165, 1.54) is 11.9 Å². The molecule has 0 bridgehead atoms. The minimum Gasteiger partial charge on any atom is -0.437 e. The van der Waals surface area contributed by atoms with Crippen LogP contribution in [0.15, 0.2) is 54.7 Å². The first-order valence-electron chi connectivity index (χ1n) is 11.2. The van der Waals surface area contributed by atoms with Gasteiger partial charge in [-0.2, -0.15) is 4.98 Å². The predicted octanol–water partition coefficient (Wildman–Crippen LogP) is 6.64. The Balaban J connectivity index is 1.72. The number of hydrogen-bond acceptors (Lipinski definition) is 6.